The topological polar surface area (TPSA) is 117 Å². The van der Waals surface area contributed by atoms with Gasteiger partial charge >= 0.3 is 16.4 Å². The van der Waals surface area contributed by atoms with E-state index < -0.39 is 27.5 Å². The molecule has 0 aromatic heterocycles. The van der Waals surface area contributed by atoms with Crippen molar-refractivity contribution in [2.24, 2.45) is 5.14 Å². The number of amides is 1. The van der Waals surface area contributed by atoms with Gasteiger partial charge in [-0.05, 0) is 27.2 Å². The first-order valence-electron chi connectivity index (χ1n) is 5.77. The van der Waals surface area contributed by atoms with Crippen LogP contribution in [-0.2, 0) is 24.0 Å². The molecule has 0 radical (unpaired) electrons. The van der Waals surface area contributed by atoms with Crippen LogP contribution in [0.5, 0.6) is 0 Å². The quantitative estimate of drug-likeness (QED) is 0.747. The Hall–Kier alpha value is -0.900. The minimum absolute atomic E-state index is 0.141. The molecule has 1 atom stereocenters. The number of rotatable bonds is 4. The van der Waals surface area contributed by atoms with Gasteiger partial charge in [-0.2, -0.15) is 8.42 Å². The van der Waals surface area contributed by atoms with Crippen LogP contribution in [0.3, 0.4) is 0 Å². The lowest BCUT2D eigenvalue weighted by molar-refractivity contribution is 0.0394. The molecule has 1 heterocycles. The van der Waals surface area contributed by atoms with Crippen LogP contribution in [0.25, 0.3) is 0 Å². The molecule has 8 nitrogen and oxygen atoms in total. The van der Waals surface area contributed by atoms with Gasteiger partial charge in [0, 0.05) is 6.61 Å². The summed E-state index contributed by atoms with van der Waals surface area (Å²) in [6, 6.07) is 0. The molecule has 112 valence electrons. The number of ether oxygens (including phenoxy) is 2. The van der Waals surface area contributed by atoms with E-state index in [1.807, 2.05) is 0 Å². The first kappa shape index (κ1) is 16.2. The lowest BCUT2D eigenvalue weighted by Crippen LogP contribution is -2.54. The highest BCUT2D eigenvalue weighted by Crippen LogP contribution is 2.20. The van der Waals surface area contributed by atoms with E-state index in [1.165, 1.54) is 0 Å². The number of alkyl carbamates (subject to hydrolysis) is 1. The Morgan fingerprint density at radius 2 is 2.11 bits per heavy atom. The van der Waals surface area contributed by atoms with Crippen molar-refractivity contribution in [3.05, 3.63) is 0 Å². The molecule has 1 aliphatic heterocycles. The van der Waals surface area contributed by atoms with E-state index in [0.717, 1.165) is 0 Å². The molecule has 19 heavy (non-hydrogen) atoms. The molecule has 1 aliphatic rings. The summed E-state index contributed by atoms with van der Waals surface area (Å²) in [6.45, 7) is 5.43. The molecule has 0 aliphatic carbocycles. The van der Waals surface area contributed by atoms with Crippen molar-refractivity contribution in [1.29, 1.82) is 0 Å². The van der Waals surface area contributed by atoms with E-state index >= 15 is 0 Å². The zero-order valence-electron chi connectivity index (χ0n) is 11.3. The van der Waals surface area contributed by atoms with Gasteiger partial charge in [0.1, 0.15) is 5.60 Å². The lowest BCUT2D eigenvalue weighted by Gasteiger charge is -2.29. The third kappa shape index (κ3) is 6.19. The molecule has 0 spiro atoms. The van der Waals surface area contributed by atoms with Gasteiger partial charge in [0.05, 0.1) is 18.8 Å². The number of hydrogen-bond donors (Lipinski definition) is 2. The highest BCUT2D eigenvalue weighted by Gasteiger charge is 2.39. The average molecular weight is 296 g/mol. The number of hydrogen-bond acceptors (Lipinski definition) is 6. The monoisotopic (exact) mass is 296 g/mol. The van der Waals surface area contributed by atoms with Gasteiger partial charge in [-0.1, -0.05) is 0 Å². The summed E-state index contributed by atoms with van der Waals surface area (Å²) in [5.74, 6) is 0. The number of nitrogens with two attached hydrogens (primary N) is 1. The van der Waals surface area contributed by atoms with Crippen molar-refractivity contribution < 1.29 is 26.9 Å². The van der Waals surface area contributed by atoms with Gasteiger partial charge in [-0.25, -0.2) is 9.93 Å². The third-order valence-corrected chi connectivity index (χ3v) is 2.82. The van der Waals surface area contributed by atoms with E-state index in [1.54, 1.807) is 20.8 Å². The second kappa shape index (κ2) is 5.61. The zero-order valence-corrected chi connectivity index (χ0v) is 12.1. The van der Waals surface area contributed by atoms with E-state index in [-0.39, 0.29) is 13.2 Å². The van der Waals surface area contributed by atoms with Crippen LogP contribution < -0.4 is 10.5 Å². The standard InChI is InChI=1S/C10H20N2O6S/c1-9(2,3)18-8(13)12-10(4-5-16-6-10)7-17-19(11,14)15/h4-7H2,1-3H3,(H,12,13)(H2,11,14,15). The minimum Gasteiger partial charge on any atom is -0.444 e. The summed E-state index contributed by atoms with van der Waals surface area (Å²) < 4.78 is 36.5. The van der Waals surface area contributed by atoms with Crippen molar-refractivity contribution in [3.8, 4) is 0 Å². The Bertz CT molecular complexity index is 422. The molecule has 1 fully saturated rings. The zero-order chi connectivity index (χ0) is 14.7. The predicted molar refractivity (Wildman–Crippen MR) is 66.6 cm³/mol. The van der Waals surface area contributed by atoms with Crippen LogP contribution >= 0.6 is 0 Å². The fourth-order valence-electron chi connectivity index (χ4n) is 1.57. The molecule has 9 heteroatoms. The summed E-state index contributed by atoms with van der Waals surface area (Å²) in [5.41, 5.74) is -1.58. The average Bonchev–Trinajstić information content (AvgIpc) is 2.60. The van der Waals surface area contributed by atoms with Crippen LogP contribution in [0, 0.1) is 0 Å². The SMILES string of the molecule is CC(C)(C)OC(=O)NC1(COS(N)(=O)=O)CCOC1. The van der Waals surface area contributed by atoms with Gasteiger partial charge in [0.2, 0.25) is 0 Å². The summed E-state index contributed by atoms with van der Waals surface area (Å²) in [7, 11) is -4.07. The molecule has 3 N–H and O–H groups in total. The van der Waals surface area contributed by atoms with Crippen molar-refractivity contribution in [3.63, 3.8) is 0 Å². The molecule has 0 saturated carbocycles. The fraction of sp³-hybridized carbons (Fsp3) is 0.900. The van der Waals surface area contributed by atoms with Crippen molar-refractivity contribution >= 4 is 16.4 Å². The number of carbonyl (C=O) groups excluding carboxylic acids is 1. The molecule has 1 amide bonds. The van der Waals surface area contributed by atoms with E-state index in [0.29, 0.717) is 13.0 Å². The van der Waals surface area contributed by atoms with Crippen LogP contribution in [0.4, 0.5) is 4.79 Å². The molecule has 0 aromatic rings. The van der Waals surface area contributed by atoms with E-state index in [4.69, 9.17) is 14.6 Å². The van der Waals surface area contributed by atoms with Crippen molar-refractivity contribution in [1.82, 2.24) is 5.32 Å². The Labute approximate surface area is 112 Å². The second-order valence-corrected chi connectivity index (χ2v) is 6.69. The van der Waals surface area contributed by atoms with E-state index in [9.17, 15) is 13.2 Å². The van der Waals surface area contributed by atoms with Crippen molar-refractivity contribution in [2.75, 3.05) is 19.8 Å². The predicted octanol–water partition coefficient (Wildman–Crippen LogP) is -0.110. The molecule has 0 bridgehead atoms. The summed E-state index contributed by atoms with van der Waals surface area (Å²) in [6.07, 6.45) is -0.238. The minimum atomic E-state index is -4.07. The summed E-state index contributed by atoms with van der Waals surface area (Å²) in [4.78, 5) is 11.7. The Balaban J connectivity index is 2.64. The van der Waals surface area contributed by atoms with Crippen molar-refractivity contribution in [2.45, 2.75) is 38.3 Å². The van der Waals surface area contributed by atoms with Crippen LogP contribution in [0.15, 0.2) is 0 Å². The maximum Gasteiger partial charge on any atom is 0.408 e. The maximum atomic E-state index is 11.7. The maximum absolute atomic E-state index is 11.7. The Morgan fingerprint density at radius 3 is 2.53 bits per heavy atom. The Kier molecular flexibility index (Phi) is 4.77. The van der Waals surface area contributed by atoms with Gasteiger partial charge in [0.15, 0.2) is 0 Å². The van der Waals surface area contributed by atoms with Gasteiger partial charge in [-0.15, -0.1) is 0 Å². The molecule has 1 unspecified atom stereocenters. The van der Waals surface area contributed by atoms with Gasteiger partial charge in [-0.3, -0.25) is 4.18 Å². The summed E-state index contributed by atoms with van der Waals surface area (Å²) in [5, 5.41) is 7.36. The number of carbonyl (C=O) groups is 1. The number of nitrogens with one attached hydrogen (secondary N) is 1. The van der Waals surface area contributed by atoms with Gasteiger partial charge in [0.25, 0.3) is 0 Å². The molecular weight excluding hydrogens is 276 g/mol. The van der Waals surface area contributed by atoms with E-state index in [2.05, 4.69) is 9.50 Å². The largest absolute Gasteiger partial charge is 0.444 e. The van der Waals surface area contributed by atoms with Crippen LogP contribution in [0.1, 0.15) is 27.2 Å². The van der Waals surface area contributed by atoms with Gasteiger partial charge < -0.3 is 14.8 Å². The normalized spacial score (nSPS) is 24.2. The summed E-state index contributed by atoms with van der Waals surface area (Å²) >= 11 is 0. The van der Waals surface area contributed by atoms with Crippen LogP contribution in [0.2, 0.25) is 0 Å². The Morgan fingerprint density at radius 1 is 1.47 bits per heavy atom. The third-order valence-electron chi connectivity index (χ3n) is 2.37. The first-order chi connectivity index (χ1) is 8.52. The molecule has 0 aromatic carbocycles. The molecule has 1 saturated heterocycles. The molecular formula is C10H20N2O6S. The first-order valence-corrected chi connectivity index (χ1v) is 7.25. The highest BCUT2D eigenvalue weighted by atomic mass is 32.2. The fourth-order valence-corrected chi connectivity index (χ4v) is 1.96. The second-order valence-electron chi connectivity index (χ2n) is 5.46. The smallest absolute Gasteiger partial charge is 0.408 e. The lowest BCUT2D eigenvalue weighted by atomic mass is 10.0. The van der Waals surface area contributed by atoms with Crippen LogP contribution in [-0.4, -0.2) is 45.5 Å². The molecule has 1 rings (SSSR count). The highest BCUT2D eigenvalue weighted by molar-refractivity contribution is 7.84.